The molecule has 0 unspecified atom stereocenters. The Balaban J connectivity index is 3.36. The van der Waals surface area contributed by atoms with Gasteiger partial charge in [0, 0.05) is 19.8 Å². The molecule has 0 rings (SSSR count). The summed E-state index contributed by atoms with van der Waals surface area (Å²) < 4.78 is 16.3. The Kier molecular flexibility index (Phi) is 13.0. The number of rotatable bonds is 12. The Morgan fingerprint density at radius 2 is 1.38 bits per heavy atom. The van der Waals surface area contributed by atoms with Gasteiger partial charge < -0.3 is 14.0 Å². The summed E-state index contributed by atoms with van der Waals surface area (Å²) in [7, 11) is -0.462. The molecule has 4 heteroatoms. The van der Waals surface area contributed by atoms with Crippen LogP contribution in [0.5, 0.6) is 0 Å². The maximum absolute atomic E-state index is 5.52. The van der Waals surface area contributed by atoms with Crippen molar-refractivity contribution in [3.05, 3.63) is 0 Å². The molecule has 0 saturated heterocycles. The van der Waals surface area contributed by atoms with Gasteiger partial charge in [0.15, 0.2) is 0 Å². The van der Waals surface area contributed by atoms with E-state index in [-0.39, 0.29) is 0 Å². The second-order valence-electron chi connectivity index (χ2n) is 3.90. The first-order valence-corrected chi connectivity index (χ1v) is 6.69. The highest BCUT2D eigenvalue weighted by molar-refractivity contribution is 6.36. The number of unbranched alkanes of at least 4 members (excludes halogenated alkanes) is 4. The summed E-state index contributed by atoms with van der Waals surface area (Å²) in [5, 5.41) is 0. The molecule has 16 heavy (non-hydrogen) atoms. The zero-order valence-electron chi connectivity index (χ0n) is 11.2. The summed E-state index contributed by atoms with van der Waals surface area (Å²) in [5.41, 5.74) is 0. The molecular weight excluding hydrogens is 203 g/mol. The Hall–Kier alpha value is -0.0551. The van der Waals surface area contributed by atoms with Crippen molar-refractivity contribution in [3.8, 4) is 0 Å². The lowest BCUT2D eigenvalue weighted by molar-refractivity contribution is 0.0959. The zero-order chi connectivity index (χ0) is 12.1. The van der Waals surface area contributed by atoms with Crippen LogP contribution in [0.15, 0.2) is 0 Å². The highest BCUT2D eigenvalue weighted by Gasteiger charge is 2.19. The van der Waals surface area contributed by atoms with Crippen LogP contribution in [0.25, 0.3) is 0 Å². The van der Waals surface area contributed by atoms with Gasteiger partial charge in [-0.2, -0.15) is 0 Å². The molecule has 0 N–H and O–H groups in total. The summed E-state index contributed by atoms with van der Waals surface area (Å²) in [6.45, 7) is 8.31. The van der Waals surface area contributed by atoms with Crippen LogP contribution < -0.4 is 0 Å². The lowest BCUT2D eigenvalue weighted by atomic mass is 10.1. The van der Waals surface area contributed by atoms with Gasteiger partial charge >= 0.3 is 7.32 Å². The second kappa shape index (κ2) is 13.0. The molecule has 0 aliphatic heterocycles. The van der Waals surface area contributed by atoms with E-state index >= 15 is 0 Å². The fourth-order valence-electron chi connectivity index (χ4n) is 1.38. The van der Waals surface area contributed by atoms with E-state index in [0.717, 1.165) is 19.4 Å². The van der Waals surface area contributed by atoms with Crippen molar-refractivity contribution in [2.24, 2.45) is 0 Å². The standard InChI is InChI=1S/C12H27BO3/c1-4-7-8-9-10-12-16-13(14-6-3)15-11-5-2/h4-12H2,1-3H3. The number of hydrogen-bond acceptors (Lipinski definition) is 3. The lowest BCUT2D eigenvalue weighted by Gasteiger charge is -2.12. The Morgan fingerprint density at radius 1 is 0.688 bits per heavy atom. The van der Waals surface area contributed by atoms with Crippen LogP contribution >= 0.6 is 0 Å². The van der Waals surface area contributed by atoms with E-state index < -0.39 is 7.32 Å². The quantitative estimate of drug-likeness (QED) is 0.379. The van der Waals surface area contributed by atoms with E-state index in [0.29, 0.717) is 13.2 Å². The highest BCUT2D eigenvalue weighted by atomic mass is 16.7. The molecule has 0 aromatic carbocycles. The van der Waals surface area contributed by atoms with Crippen LogP contribution in [-0.2, 0) is 14.0 Å². The van der Waals surface area contributed by atoms with Crippen LogP contribution in [0.2, 0.25) is 0 Å². The van der Waals surface area contributed by atoms with Crippen LogP contribution in [-0.4, -0.2) is 27.1 Å². The van der Waals surface area contributed by atoms with E-state index in [4.69, 9.17) is 14.0 Å². The fourth-order valence-corrected chi connectivity index (χ4v) is 1.38. The number of hydrogen-bond donors (Lipinski definition) is 0. The van der Waals surface area contributed by atoms with Gasteiger partial charge in [0.2, 0.25) is 0 Å². The van der Waals surface area contributed by atoms with Crippen LogP contribution in [0.4, 0.5) is 0 Å². The van der Waals surface area contributed by atoms with Gasteiger partial charge in [0.1, 0.15) is 0 Å². The average molecular weight is 230 g/mol. The van der Waals surface area contributed by atoms with Crippen LogP contribution in [0.3, 0.4) is 0 Å². The van der Waals surface area contributed by atoms with Crippen LogP contribution in [0, 0.1) is 0 Å². The summed E-state index contributed by atoms with van der Waals surface area (Å²) in [6, 6.07) is 0. The molecule has 0 atom stereocenters. The molecule has 0 saturated carbocycles. The van der Waals surface area contributed by atoms with Gasteiger partial charge in [-0.1, -0.05) is 39.5 Å². The summed E-state index contributed by atoms with van der Waals surface area (Å²) in [6.07, 6.45) is 7.22. The molecule has 0 radical (unpaired) electrons. The SMILES string of the molecule is CCCCCCCOB(OCC)OCCC. The van der Waals surface area contributed by atoms with Gasteiger partial charge in [-0.25, -0.2) is 0 Å². The molecule has 0 fully saturated rings. The molecule has 0 amide bonds. The molecule has 0 aliphatic rings. The molecule has 96 valence electrons. The van der Waals surface area contributed by atoms with Gasteiger partial charge in [0.05, 0.1) is 0 Å². The molecule has 0 spiro atoms. The maximum atomic E-state index is 5.52. The Morgan fingerprint density at radius 3 is 2.00 bits per heavy atom. The second-order valence-corrected chi connectivity index (χ2v) is 3.90. The van der Waals surface area contributed by atoms with Crippen molar-refractivity contribution >= 4 is 7.32 Å². The molecular formula is C12H27BO3. The third-order valence-corrected chi connectivity index (χ3v) is 2.26. The maximum Gasteiger partial charge on any atom is 0.639 e. The van der Waals surface area contributed by atoms with Crippen molar-refractivity contribution in [1.29, 1.82) is 0 Å². The Labute approximate surface area is 101 Å². The molecule has 0 aromatic rings. The summed E-state index contributed by atoms with van der Waals surface area (Å²) in [4.78, 5) is 0. The fraction of sp³-hybridized carbons (Fsp3) is 1.00. The predicted molar refractivity (Wildman–Crippen MR) is 68.3 cm³/mol. The average Bonchev–Trinajstić information content (AvgIpc) is 2.30. The minimum absolute atomic E-state index is 0.462. The van der Waals surface area contributed by atoms with Crippen molar-refractivity contribution in [2.75, 3.05) is 19.8 Å². The summed E-state index contributed by atoms with van der Waals surface area (Å²) >= 11 is 0. The molecule has 0 bridgehead atoms. The zero-order valence-corrected chi connectivity index (χ0v) is 11.2. The lowest BCUT2D eigenvalue weighted by Crippen LogP contribution is -2.28. The van der Waals surface area contributed by atoms with Gasteiger partial charge in [-0.3, -0.25) is 0 Å². The monoisotopic (exact) mass is 230 g/mol. The molecule has 3 nitrogen and oxygen atoms in total. The van der Waals surface area contributed by atoms with E-state index in [9.17, 15) is 0 Å². The minimum atomic E-state index is -0.462. The summed E-state index contributed by atoms with van der Waals surface area (Å²) in [5.74, 6) is 0. The van der Waals surface area contributed by atoms with E-state index in [2.05, 4.69) is 13.8 Å². The Bertz CT molecular complexity index is 133. The normalized spacial score (nSPS) is 10.7. The van der Waals surface area contributed by atoms with Gasteiger partial charge in [-0.15, -0.1) is 0 Å². The van der Waals surface area contributed by atoms with E-state index in [1.807, 2.05) is 6.92 Å². The van der Waals surface area contributed by atoms with Gasteiger partial charge in [0.25, 0.3) is 0 Å². The molecule has 0 heterocycles. The third-order valence-electron chi connectivity index (χ3n) is 2.26. The largest absolute Gasteiger partial charge is 0.639 e. The van der Waals surface area contributed by atoms with Crippen molar-refractivity contribution in [2.45, 2.75) is 59.3 Å². The predicted octanol–water partition coefficient (Wildman–Crippen LogP) is 3.42. The van der Waals surface area contributed by atoms with Crippen molar-refractivity contribution < 1.29 is 14.0 Å². The van der Waals surface area contributed by atoms with Crippen molar-refractivity contribution in [3.63, 3.8) is 0 Å². The van der Waals surface area contributed by atoms with E-state index in [1.165, 1.54) is 25.7 Å². The van der Waals surface area contributed by atoms with Crippen LogP contribution in [0.1, 0.15) is 59.3 Å². The van der Waals surface area contributed by atoms with Gasteiger partial charge in [-0.05, 0) is 19.8 Å². The minimum Gasteiger partial charge on any atom is -0.386 e. The first-order valence-electron chi connectivity index (χ1n) is 6.69. The van der Waals surface area contributed by atoms with Crippen molar-refractivity contribution in [1.82, 2.24) is 0 Å². The molecule has 0 aliphatic carbocycles. The third kappa shape index (κ3) is 10.5. The van der Waals surface area contributed by atoms with E-state index in [1.54, 1.807) is 0 Å². The first kappa shape index (κ1) is 15.9. The molecule has 0 aromatic heterocycles. The first-order chi connectivity index (χ1) is 7.85. The topological polar surface area (TPSA) is 27.7 Å². The highest BCUT2D eigenvalue weighted by Crippen LogP contribution is 2.03. The smallest absolute Gasteiger partial charge is 0.386 e.